The van der Waals surface area contributed by atoms with E-state index in [1.54, 1.807) is 0 Å². The van der Waals surface area contributed by atoms with Crippen molar-refractivity contribution < 1.29 is 13.2 Å². The minimum atomic E-state index is -3.69. The van der Waals surface area contributed by atoms with Crippen LogP contribution in [0.4, 0.5) is 5.13 Å². The molecule has 1 aromatic rings. The van der Waals surface area contributed by atoms with Crippen LogP contribution in [-0.4, -0.2) is 36.4 Å². The van der Waals surface area contributed by atoms with E-state index in [0.717, 1.165) is 17.8 Å². The molecule has 1 amide bonds. The van der Waals surface area contributed by atoms with Gasteiger partial charge in [-0.2, -0.15) is 0 Å². The number of carbonyl (C=O) groups is 1. The summed E-state index contributed by atoms with van der Waals surface area (Å²) in [5.41, 5.74) is 0. The first-order valence-electron chi connectivity index (χ1n) is 5.60. The van der Waals surface area contributed by atoms with Crippen LogP contribution in [0, 0.1) is 0 Å². The van der Waals surface area contributed by atoms with Gasteiger partial charge in [0, 0.05) is 18.8 Å². The first kappa shape index (κ1) is 16.3. The molecule has 0 aliphatic heterocycles. The van der Waals surface area contributed by atoms with E-state index in [4.69, 9.17) is 11.6 Å². The van der Waals surface area contributed by atoms with Crippen LogP contribution in [-0.2, 0) is 14.8 Å². The third kappa shape index (κ3) is 5.39. The molecule has 1 unspecified atom stereocenters. The van der Waals surface area contributed by atoms with E-state index in [0.29, 0.717) is 6.42 Å². The SMILES string of the molecule is CCC(Cl)CCNS(=O)(=O)c1nnc(NC(C)=O)s1. The van der Waals surface area contributed by atoms with Gasteiger partial charge in [0.25, 0.3) is 10.0 Å². The summed E-state index contributed by atoms with van der Waals surface area (Å²) in [7, 11) is -3.69. The second-order valence-corrected chi connectivity index (χ2v) is 7.28. The lowest BCUT2D eigenvalue weighted by molar-refractivity contribution is -0.114. The number of nitrogens with zero attached hydrogens (tertiary/aromatic N) is 2. The van der Waals surface area contributed by atoms with Crippen molar-refractivity contribution in [2.24, 2.45) is 0 Å². The standard InChI is InChI=1S/C9H15ClN4O3S2/c1-3-7(10)4-5-11-19(16,17)9-14-13-8(18-9)12-6(2)15/h7,11H,3-5H2,1-2H3,(H,12,13,15). The smallest absolute Gasteiger partial charge is 0.269 e. The molecule has 1 heterocycles. The lowest BCUT2D eigenvalue weighted by Crippen LogP contribution is -2.26. The van der Waals surface area contributed by atoms with Crippen molar-refractivity contribution in [1.82, 2.24) is 14.9 Å². The van der Waals surface area contributed by atoms with E-state index < -0.39 is 10.0 Å². The fourth-order valence-corrected chi connectivity index (χ4v) is 3.28. The molecular formula is C9H15ClN4O3S2. The van der Waals surface area contributed by atoms with Crippen molar-refractivity contribution in [3.8, 4) is 0 Å². The Labute approximate surface area is 120 Å². The molecule has 0 aliphatic carbocycles. The Morgan fingerprint density at radius 1 is 1.47 bits per heavy atom. The van der Waals surface area contributed by atoms with Gasteiger partial charge in [-0.1, -0.05) is 18.3 Å². The van der Waals surface area contributed by atoms with E-state index in [1.165, 1.54) is 6.92 Å². The highest BCUT2D eigenvalue weighted by atomic mass is 35.5. The highest BCUT2D eigenvalue weighted by Gasteiger charge is 2.20. The fraction of sp³-hybridized carbons (Fsp3) is 0.667. The van der Waals surface area contributed by atoms with Gasteiger partial charge in [0.15, 0.2) is 0 Å². The number of nitrogens with one attached hydrogen (secondary N) is 2. The minimum Gasteiger partial charge on any atom is -0.301 e. The van der Waals surface area contributed by atoms with Crippen LogP contribution >= 0.6 is 22.9 Å². The zero-order valence-corrected chi connectivity index (χ0v) is 12.9. The Hall–Kier alpha value is -0.770. The van der Waals surface area contributed by atoms with Gasteiger partial charge in [0.2, 0.25) is 15.4 Å². The van der Waals surface area contributed by atoms with Gasteiger partial charge >= 0.3 is 0 Å². The minimum absolute atomic E-state index is 0.0629. The van der Waals surface area contributed by atoms with E-state index in [1.807, 2.05) is 6.92 Å². The number of rotatable bonds is 7. The van der Waals surface area contributed by atoms with Gasteiger partial charge in [-0.05, 0) is 12.8 Å². The van der Waals surface area contributed by atoms with E-state index in [2.05, 4.69) is 20.2 Å². The molecule has 7 nitrogen and oxygen atoms in total. The van der Waals surface area contributed by atoms with Crippen LogP contribution in [0.1, 0.15) is 26.7 Å². The van der Waals surface area contributed by atoms with E-state index in [9.17, 15) is 13.2 Å². The van der Waals surface area contributed by atoms with E-state index in [-0.39, 0.29) is 27.3 Å². The van der Waals surface area contributed by atoms with Crippen molar-refractivity contribution in [2.75, 3.05) is 11.9 Å². The molecule has 0 spiro atoms. The molecule has 2 N–H and O–H groups in total. The monoisotopic (exact) mass is 326 g/mol. The number of anilines is 1. The van der Waals surface area contributed by atoms with Crippen LogP contribution in [0.15, 0.2) is 4.34 Å². The number of sulfonamides is 1. The summed E-state index contributed by atoms with van der Waals surface area (Å²) < 4.78 is 25.9. The summed E-state index contributed by atoms with van der Waals surface area (Å²) in [6.07, 6.45) is 1.31. The van der Waals surface area contributed by atoms with Gasteiger partial charge in [-0.15, -0.1) is 21.8 Å². The fourth-order valence-electron chi connectivity index (χ4n) is 1.14. The summed E-state index contributed by atoms with van der Waals surface area (Å²) >= 11 is 6.69. The van der Waals surface area contributed by atoms with Crippen molar-refractivity contribution in [1.29, 1.82) is 0 Å². The van der Waals surface area contributed by atoms with Gasteiger partial charge in [0.1, 0.15) is 0 Å². The van der Waals surface area contributed by atoms with Crippen LogP contribution in [0.2, 0.25) is 0 Å². The van der Waals surface area contributed by atoms with Gasteiger partial charge in [-0.3, -0.25) is 4.79 Å². The molecule has 10 heteroatoms. The third-order valence-corrected chi connectivity index (χ3v) is 5.31. The molecule has 1 atom stereocenters. The lowest BCUT2D eigenvalue weighted by Gasteiger charge is -2.06. The van der Waals surface area contributed by atoms with Crippen LogP contribution < -0.4 is 10.0 Å². The number of alkyl halides is 1. The molecule has 1 aromatic heterocycles. The molecule has 0 saturated carbocycles. The predicted molar refractivity (Wildman–Crippen MR) is 74.0 cm³/mol. The first-order valence-corrected chi connectivity index (χ1v) is 8.33. The molecule has 0 saturated heterocycles. The Morgan fingerprint density at radius 2 is 2.16 bits per heavy atom. The van der Waals surface area contributed by atoms with Crippen LogP contribution in [0.25, 0.3) is 0 Å². The Morgan fingerprint density at radius 3 is 2.74 bits per heavy atom. The van der Waals surface area contributed by atoms with Crippen molar-refractivity contribution in [3.63, 3.8) is 0 Å². The molecule has 0 aromatic carbocycles. The second-order valence-electron chi connectivity index (χ2n) is 3.75. The van der Waals surface area contributed by atoms with Crippen LogP contribution in [0.3, 0.4) is 0 Å². The van der Waals surface area contributed by atoms with Crippen molar-refractivity contribution >= 4 is 44.0 Å². The van der Waals surface area contributed by atoms with E-state index >= 15 is 0 Å². The molecule has 108 valence electrons. The highest BCUT2D eigenvalue weighted by molar-refractivity contribution is 7.91. The summed E-state index contributed by atoms with van der Waals surface area (Å²) in [6.45, 7) is 3.47. The lowest BCUT2D eigenvalue weighted by atomic mass is 10.2. The zero-order valence-electron chi connectivity index (χ0n) is 10.5. The topological polar surface area (TPSA) is 101 Å². The molecule has 0 aliphatic rings. The summed E-state index contributed by atoms with van der Waals surface area (Å²) in [6, 6.07) is 0. The molecule has 0 fully saturated rings. The average molecular weight is 327 g/mol. The Balaban J connectivity index is 2.62. The van der Waals surface area contributed by atoms with Gasteiger partial charge < -0.3 is 5.32 Å². The Bertz CT molecular complexity index is 531. The van der Waals surface area contributed by atoms with Gasteiger partial charge in [0.05, 0.1) is 0 Å². The summed E-state index contributed by atoms with van der Waals surface area (Å²) in [4.78, 5) is 10.8. The molecular weight excluding hydrogens is 312 g/mol. The second kappa shape index (κ2) is 7.13. The first-order chi connectivity index (χ1) is 8.85. The van der Waals surface area contributed by atoms with Crippen molar-refractivity contribution in [3.05, 3.63) is 0 Å². The molecule has 0 bridgehead atoms. The predicted octanol–water partition coefficient (Wildman–Crippen LogP) is 1.18. The summed E-state index contributed by atoms with van der Waals surface area (Å²) in [5.74, 6) is -0.332. The summed E-state index contributed by atoms with van der Waals surface area (Å²) in [5, 5.41) is 9.56. The van der Waals surface area contributed by atoms with Gasteiger partial charge in [-0.25, -0.2) is 13.1 Å². The number of carbonyl (C=O) groups excluding carboxylic acids is 1. The maximum absolute atomic E-state index is 11.8. The number of hydrogen-bond donors (Lipinski definition) is 2. The largest absolute Gasteiger partial charge is 0.301 e. The maximum atomic E-state index is 11.8. The third-order valence-electron chi connectivity index (χ3n) is 2.11. The maximum Gasteiger partial charge on any atom is 0.269 e. The van der Waals surface area contributed by atoms with Crippen molar-refractivity contribution in [2.45, 2.75) is 36.4 Å². The quantitative estimate of drug-likeness (QED) is 0.579. The van der Waals surface area contributed by atoms with Crippen LogP contribution in [0.5, 0.6) is 0 Å². The number of halogens is 1. The normalized spacial score (nSPS) is 13.2. The number of amides is 1. The average Bonchev–Trinajstić information content (AvgIpc) is 2.76. The number of hydrogen-bond acceptors (Lipinski definition) is 6. The molecule has 1 rings (SSSR count). The molecule has 0 radical (unpaired) electrons. The number of aromatic nitrogens is 2. The molecule has 19 heavy (non-hydrogen) atoms. The Kier molecular flexibility index (Phi) is 6.11. The zero-order chi connectivity index (χ0) is 14.5. The highest BCUT2D eigenvalue weighted by Crippen LogP contribution is 2.19.